The van der Waals surface area contributed by atoms with Gasteiger partial charge in [-0.3, -0.25) is 9.80 Å². The molecule has 0 saturated carbocycles. The predicted molar refractivity (Wildman–Crippen MR) is 80.8 cm³/mol. The molecule has 1 aromatic rings. The number of aryl methyl sites for hydroxylation is 1. The highest BCUT2D eigenvalue weighted by molar-refractivity contribution is 5.01. The van der Waals surface area contributed by atoms with Gasteiger partial charge in [-0.1, -0.05) is 18.5 Å². The lowest BCUT2D eigenvalue weighted by atomic mass is 9.97. The van der Waals surface area contributed by atoms with E-state index in [4.69, 9.17) is 10.3 Å². The van der Waals surface area contributed by atoms with Crippen LogP contribution in [0.1, 0.15) is 43.9 Å². The molecule has 6 nitrogen and oxygen atoms in total. The molecule has 3 aliphatic rings. The van der Waals surface area contributed by atoms with E-state index >= 15 is 0 Å². The minimum atomic E-state index is 0.330. The Morgan fingerprint density at radius 3 is 2.71 bits per heavy atom. The fourth-order valence-corrected chi connectivity index (χ4v) is 3.48. The summed E-state index contributed by atoms with van der Waals surface area (Å²) in [6, 6.07) is 0.330. The number of rotatable bonds is 7. The highest BCUT2D eigenvalue weighted by Gasteiger charge is 2.35. The first kappa shape index (κ1) is 14.9. The maximum absolute atomic E-state index is 5.65. The first-order chi connectivity index (χ1) is 10.3. The highest BCUT2D eigenvalue weighted by atomic mass is 16.5. The number of aromatic nitrogens is 2. The average molecular weight is 293 g/mol. The third kappa shape index (κ3) is 3.44. The molecule has 4 rings (SSSR count). The van der Waals surface area contributed by atoms with Gasteiger partial charge in [0.05, 0.1) is 6.04 Å². The van der Waals surface area contributed by atoms with E-state index in [1.54, 1.807) is 0 Å². The zero-order valence-corrected chi connectivity index (χ0v) is 13.0. The maximum Gasteiger partial charge on any atom is 0.226 e. The van der Waals surface area contributed by atoms with E-state index in [1.807, 2.05) is 0 Å². The molecular formula is C15H27N5O. The van der Waals surface area contributed by atoms with Gasteiger partial charge in [-0.05, 0) is 25.3 Å². The van der Waals surface area contributed by atoms with Gasteiger partial charge in [-0.25, -0.2) is 0 Å². The lowest BCUT2D eigenvalue weighted by molar-refractivity contribution is 0.00781. The first-order valence-corrected chi connectivity index (χ1v) is 8.29. The Kier molecular flexibility index (Phi) is 4.87. The van der Waals surface area contributed by atoms with E-state index in [2.05, 4.69) is 26.9 Å². The average Bonchev–Trinajstić information content (AvgIpc) is 3.01. The van der Waals surface area contributed by atoms with Crippen molar-refractivity contribution >= 4 is 0 Å². The topological polar surface area (TPSA) is 71.4 Å². The molecule has 2 N–H and O–H groups in total. The first-order valence-electron chi connectivity index (χ1n) is 8.29. The summed E-state index contributed by atoms with van der Waals surface area (Å²) in [6.07, 6.45) is 4.23. The van der Waals surface area contributed by atoms with E-state index in [0.29, 0.717) is 12.0 Å². The summed E-state index contributed by atoms with van der Waals surface area (Å²) in [7, 11) is 0. The molecule has 0 aliphatic carbocycles. The number of hydrogen-bond acceptors (Lipinski definition) is 6. The summed E-state index contributed by atoms with van der Waals surface area (Å²) in [5, 5.41) is 4.23. The van der Waals surface area contributed by atoms with E-state index < -0.39 is 0 Å². The summed E-state index contributed by atoms with van der Waals surface area (Å²) in [6.45, 7) is 8.65. The lowest BCUT2D eigenvalue weighted by Gasteiger charge is -2.46. The Labute approximate surface area is 126 Å². The molecule has 3 saturated heterocycles. The van der Waals surface area contributed by atoms with Crippen LogP contribution in [0.3, 0.4) is 0 Å². The molecule has 0 amide bonds. The second kappa shape index (κ2) is 6.85. The highest BCUT2D eigenvalue weighted by Crippen LogP contribution is 2.27. The molecule has 0 radical (unpaired) electrons. The SMILES string of the molecule is CCC(CCN)CCc1nc(C2CN3CCN2CC3)no1. The quantitative estimate of drug-likeness (QED) is 0.810. The van der Waals surface area contributed by atoms with Crippen LogP contribution < -0.4 is 5.73 Å². The van der Waals surface area contributed by atoms with Gasteiger partial charge in [0, 0.05) is 39.1 Å². The van der Waals surface area contributed by atoms with E-state index in [0.717, 1.165) is 57.2 Å². The molecule has 1 aromatic heterocycles. The minimum Gasteiger partial charge on any atom is -0.339 e. The zero-order valence-electron chi connectivity index (χ0n) is 13.0. The molecule has 2 bridgehead atoms. The summed E-state index contributed by atoms with van der Waals surface area (Å²) in [5.74, 6) is 2.34. The molecular weight excluding hydrogens is 266 g/mol. The van der Waals surface area contributed by atoms with Crippen LogP contribution in [0.25, 0.3) is 0 Å². The van der Waals surface area contributed by atoms with Crippen LogP contribution in [0.2, 0.25) is 0 Å². The number of nitrogens with two attached hydrogens (primary N) is 1. The van der Waals surface area contributed by atoms with Gasteiger partial charge in [0.1, 0.15) is 0 Å². The molecule has 2 atom stereocenters. The van der Waals surface area contributed by atoms with Crippen molar-refractivity contribution in [3.05, 3.63) is 11.7 Å². The summed E-state index contributed by atoms with van der Waals surface area (Å²) in [5.41, 5.74) is 5.65. The molecule has 21 heavy (non-hydrogen) atoms. The van der Waals surface area contributed by atoms with E-state index in [1.165, 1.54) is 19.5 Å². The summed E-state index contributed by atoms with van der Waals surface area (Å²) < 4.78 is 5.46. The molecule has 0 spiro atoms. The van der Waals surface area contributed by atoms with Crippen LogP contribution in [0.4, 0.5) is 0 Å². The third-order valence-corrected chi connectivity index (χ3v) is 4.98. The normalized spacial score (nSPS) is 29.7. The Balaban J connectivity index is 1.56. The molecule has 3 fully saturated rings. The number of hydrogen-bond donors (Lipinski definition) is 1. The van der Waals surface area contributed by atoms with Gasteiger partial charge in [0.25, 0.3) is 0 Å². The van der Waals surface area contributed by atoms with Crippen LogP contribution in [-0.2, 0) is 6.42 Å². The summed E-state index contributed by atoms with van der Waals surface area (Å²) >= 11 is 0. The molecule has 2 unspecified atom stereocenters. The monoisotopic (exact) mass is 293 g/mol. The zero-order chi connectivity index (χ0) is 14.7. The summed E-state index contributed by atoms with van der Waals surface area (Å²) in [4.78, 5) is 9.62. The maximum atomic E-state index is 5.65. The number of piperazine rings is 3. The predicted octanol–water partition coefficient (Wildman–Crippen LogP) is 1.05. The van der Waals surface area contributed by atoms with Gasteiger partial charge < -0.3 is 10.3 Å². The largest absolute Gasteiger partial charge is 0.339 e. The van der Waals surface area contributed by atoms with Crippen LogP contribution >= 0.6 is 0 Å². The Bertz CT molecular complexity index is 441. The second-order valence-corrected chi connectivity index (χ2v) is 6.29. The molecule has 0 aromatic carbocycles. The van der Waals surface area contributed by atoms with Crippen molar-refractivity contribution in [2.75, 3.05) is 39.3 Å². The van der Waals surface area contributed by atoms with Crippen molar-refractivity contribution in [1.29, 1.82) is 0 Å². The van der Waals surface area contributed by atoms with Crippen LogP contribution in [-0.4, -0.2) is 59.2 Å². The Morgan fingerprint density at radius 2 is 2.10 bits per heavy atom. The van der Waals surface area contributed by atoms with Gasteiger partial charge in [0.2, 0.25) is 5.89 Å². The molecule has 4 heterocycles. The van der Waals surface area contributed by atoms with Gasteiger partial charge in [0.15, 0.2) is 5.82 Å². The van der Waals surface area contributed by atoms with Crippen LogP contribution in [0.15, 0.2) is 4.52 Å². The lowest BCUT2D eigenvalue weighted by Crippen LogP contribution is -2.57. The number of nitrogens with zero attached hydrogens (tertiary/aromatic N) is 4. The van der Waals surface area contributed by atoms with Crippen LogP contribution in [0, 0.1) is 5.92 Å². The third-order valence-electron chi connectivity index (χ3n) is 4.98. The van der Waals surface area contributed by atoms with Crippen LogP contribution in [0.5, 0.6) is 0 Å². The molecule has 118 valence electrons. The number of fused-ring (bicyclic) bond motifs is 3. The van der Waals surface area contributed by atoms with Crippen molar-refractivity contribution < 1.29 is 4.52 Å². The van der Waals surface area contributed by atoms with Crippen molar-refractivity contribution in [3.8, 4) is 0 Å². The van der Waals surface area contributed by atoms with E-state index in [-0.39, 0.29) is 0 Å². The molecule has 6 heteroatoms. The van der Waals surface area contributed by atoms with E-state index in [9.17, 15) is 0 Å². The fraction of sp³-hybridized carbons (Fsp3) is 0.867. The van der Waals surface area contributed by atoms with Crippen molar-refractivity contribution in [1.82, 2.24) is 19.9 Å². The van der Waals surface area contributed by atoms with Gasteiger partial charge in [-0.2, -0.15) is 4.98 Å². The Morgan fingerprint density at radius 1 is 1.29 bits per heavy atom. The standard InChI is InChI=1S/C15H27N5O/c1-2-12(5-6-16)3-4-14-17-15(18-21-14)13-11-19-7-9-20(13)10-8-19/h12-13H,2-11,16H2,1H3. The van der Waals surface area contributed by atoms with Crippen molar-refractivity contribution in [2.24, 2.45) is 11.7 Å². The second-order valence-electron chi connectivity index (χ2n) is 6.29. The van der Waals surface area contributed by atoms with Crippen molar-refractivity contribution in [3.63, 3.8) is 0 Å². The molecule has 3 aliphatic heterocycles. The minimum absolute atomic E-state index is 0.330. The van der Waals surface area contributed by atoms with Gasteiger partial charge in [-0.15, -0.1) is 0 Å². The van der Waals surface area contributed by atoms with Gasteiger partial charge >= 0.3 is 0 Å². The smallest absolute Gasteiger partial charge is 0.226 e. The fourth-order valence-electron chi connectivity index (χ4n) is 3.48. The Hall–Kier alpha value is -0.980. The van der Waals surface area contributed by atoms with Crippen molar-refractivity contribution in [2.45, 2.75) is 38.6 Å².